The molecule has 2 N–H and O–H groups in total. The van der Waals surface area contributed by atoms with Crippen molar-refractivity contribution in [2.45, 2.75) is 50.9 Å². The molecule has 11 heteroatoms. The third kappa shape index (κ3) is 5.38. The topological polar surface area (TPSA) is 115 Å². The lowest BCUT2D eigenvalue weighted by molar-refractivity contribution is -0.0124. The van der Waals surface area contributed by atoms with Gasteiger partial charge in [0.2, 0.25) is 5.13 Å². The van der Waals surface area contributed by atoms with Crippen molar-refractivity contribution in [3.63, 3.8) is 0 Å². The molecule has 0 saturated heterocycles. The van der Waals surface area contributed by atoms with Gasteiger partial charge in [-0.15, -0.1) is 16.4 Å². The summed E-state index contributed by atoms with van der Waals surface area (Å²) in [4.78, 5) is 24.4. The Balaban J connectivity index is 1.23. The molecule has 6 aromatic rings. The van der Waals surface area contributed by atoms with Gasteiger partial charge in [0.1, 0.15) is 16.1 Å². The van der Waals surface area contributed by atoms with E-state index in [0.29, 0.717) is 12.8 Å². The fourth-order valence-corrected chi connectivity index (χ4v) is 7.49. The molecule has 1 aliphatic carbocycles. The molecular formula is C33H30N6O3S2. The van der Waals surface area contributed by atoms with Crippen LogP contribution in [0.1, 0.15) is 39.2 Å². The van der Waals surface area contributed by atoms with Gasteiger partial charge in [0.15, 0.2) is 0 Å². The Hall–Kier alpha value is -4.45. The van der Waals surface area contributed by atoms with Gasteiger partial charge < -0.3 is 15.2 Å². The van der Waals surface area contributed by atoms with Crippen molar-refractivity contribution < 1.29 is 14.6 Å². The van der Waals surface area contributed by atoms with Crippen molar-refractivity contribution in [3.8, 4) is 36.7 Å². The molecule has 1 saturated carbocycles. The van der Waals surface area contributed by atoms with Crippen LogP contribution in [0.4, 0.5) is 4.79 Å². The van der Waals surface area contributed by atoms with Gasteiger partial charge in [0.25, 0.3) is 0 Å². The number of fused-ring (bicyclic) bond motifs is 1. The molecule has 0 bridgehead atoms. The summed E-state index contributed by atoms with van der Waals surface area (Å²) >= 11 is 3.14. The highest BCUT2D eigenvalue weighted by Gasteiger charge is 2.47. The van der Waals surface area contributed by atoms with E-state index in [2.05, 4.69) is 32.7 Å². The molecule has 0 aliphatic heterocycles. The zero-order chi connectivity index (χ0) is 30.5. The number of aliphatic hydroxyl groups excluding tert-OH is 1. The number of amides is 1. The number of hydrogen-bond acceptors (Lipinski definition) is 9. The first-order valence-electron chi connectivity index (χ1n) is 14.3. The first kappa shape index (κ1) is 28.3. The normalized spacial score (nSPS) is 18.2. The van der Waals surface area contributed by atoms with Gasteiger partial charge in [-0.2, -0.15) is 4.68 Å². The van der Waals surface area contributed by atoms with Crippen molar-refractivity contribution in [2.75, 3.05) is 0 Å². The van der Waals surface area contributed by atoms with E-state index in [0.717, 1.165) is 53.3 Å². The second-order valence-electron chi connectivity index (χ2n) is 11.9. The molecule has 44 heavy (non-hydrogen) atoms. The molecule has 3 aromatic carbocycles. The largest absolute Gasteiger partial charge is 0.444 e. The van der Waals surface area contributed by atoms with Crippen molar-refractivity contribution in [2.24, 2.45) is 0 Å². The van der Waals surface area contributed by atoms with Crippen LogP contribution in [0.2, 0.25) is 0 Å². The summed E-state index contributed by atoms with van der Waals surface area (Å²) in [6.45, 7) is 5.50. The highest BCUT2D eigenvalue weighted by Crippen LogP contribution is 2.45. The van der Waals surface area contributed by atoms with E-state index in [4.69, 9.17) is 9.72 Å². The van der Waals surface area contributed by atoms with Crippen LogP contribution >= 0.6 is 22.7 Å². The van der Waals surface area contributed by atoms with Gasteiger partial charge in [-0.1, -0.05) is 83.3 Å². The van der Waals surface area contributed by atoms with Crippen LogP contribution in [0, 0.1) is 0 Å². The number of carbonyl (C=O) groups is 1. The lowest BCUT2D eigenvalue weighted by Crippen LogP contribution is -2.57. The van der Waals surface area contributed by atoms with Gasteiger partial charge in [-0.3, -0.25) is 0 Å². The fraction of sp³-hybridized carbons (Fsp3) is 0.242. The number of rotatable bonds is 6. The molecule has 0 unspecified atom stereocenters. The highest BCUT2D eigenvalue weighted by atomic mass is 32.1. The number of ether oxygens (including phenoxy) is 1. The zero-order valence-electron chi connectivity index (χ0n) is 24.4. The molecule has 1 aliphatic rings. The summed E-state index contributed by atoms with van der Waals surface area (Å²) in [6.07, 6.45) is 1.72. The molecule has 3 aromatic heterocycles. The summed E-state index contributed by atoms with van der Waals surface area (Å²) in [7, 11) is 0. The van der Waals surface area contributed by atoms with Gasteiger partial charge in [-0.05, 0) is 44.0 Å². The summed E-state index contributed by atoms with van der Waals surface area (Å²) in [5.41, 5.74) is 4.23. The van der Waals surface area contributed by atoms with E-state index in [9.17, 15) is 9.90 Å². The number of hydrogen-bond donors (Lipinski definition) is 2. The molecule has 0 radical (unpaired) electrons. The maximum Gasteiger partial charge on any atom is 0.408 e. The number of aromatic nitrogens is 5. The van der Waals surface area contributed by atoms with E-state index in [1.54, 1.807) is 16.0 Å². The van der Waals surface area contributed by atoms with E-state index in [-0.39, 0.29) is 0 Å². The minimum Gasteiger partial charge on any atom is -0.444 e. The molecule has 7 rings (SSSR count). The van der Waals surface area contributed by atoms with E-state index >= 15 is 0 Å². The van der Waals surface area contributed by atoms with Gasteiger partial charge in [0, 0.05) is 18.4 Å². The Bertz CT molecular complexity index is 1950. The van der Waals surface area contributed by atoms with Crippen LogP contribution in [-0.4, -0.2) is 47.9 Å². The Morgan fingerprint density at radius 1 is 0.977 bits per heavy atom. The van der Waals surface area contributed by atoms with E-state index in [1.807, 2.05) is 93.7 Å². The van der Waals surface area contributed by atoms with Gasteiger partial charge in [0.05, 0.1) is 38.8 Å². The lowest BCUT2D eigenvalue weighted by atomic mass is 9.69. The molecule has 222 valence electrons. The number of nitrogens with zero attached hydrogens (tertiary/aromatic N) is 5. The Labute approximate surface area is 262 Å². The average Bonchev–Trinajstić information content (AvgIpc) is 3.74. The zero-order valence-corrected chi connectivity index (χ0v) is 26.0. The summed E-state index contributed by atoms with van der Waals surface area (Å²) in [6, 6.07) is 26.1. The third-order valence-electron chi connectivity index (χ3n) is 7.52. The number of carbonyl (C=O) groups excluding carboxylic acids is 1. The minimum absolute atomic E-state index is 0.427. The van der Waals surface area contributed by atoms with Gasteiger partial charge in [-0.25, -0.2) is 14.8 Å². The molecule has 3 heterocycles. The van der Waals surface area contributed by atoms with Crippen LogP contribution in [0.3, 0.4) is 0 Å². The Morgan fingerprint density at radius 2 is 1.70 bits per heavy atom. The number of aliphatic hydroxyl groups is 1. The van der Waals surface area contributed by atoms with Crippen molar-refractivity contribution >= 4 is 39.8 Å². The lowest BCUT2D eigenvalue weighted by Gasteiger charge is -2.46. The Morgan fingerprint density at radius 3 is 2.43 bits per heavy atom. The average molecular weight is 623 g/mol. The standard InChI is InChI=1S/C33H30N6O3S2/c1-32(2,3)42-31(41)36-33(17-23(40)18-33)22-15-13-20(14-16-22)27-28(21-9-5-4-6-10-21)44-29(35-27)26-19-34-30(43-26)39-25-12-8-7-11-24(25)37-38-39/h4-16,19,23,40H,17-18H2,1-3H3,(H,36,41)/t23-,33-. The number of thiazole rings is 2. The molecular weight excluding hydrogens is 593 g/mol. The molecule has 9 nitrogen and oxygen atoms in total. The molecule has 0 atom stereocenters. The van der Waals surface area contributed by atoms with Gasteiger partial charge >= 0.3 is 6.09 Å². The predicted octanol–water partition coefficient (Wildman–Crippen LogP) is 7.21. The minimum atomic E-state index is -0.680. The van der Waals surface area contributed by atoms with Crippen LogP contribution < -0.4 is 5.32 Å². The highest BCUT2D eigenvalue weighted by molar-refractivity contribution is 7.24. The maximum atomic E-state index is 12.7. The molecule has 0 spiro atoms. The number of nitrogens with one attached hydrogen (secondary N) is 1. The molecule has 1 amide bonds. The molecule has 1 fully saturated rings. The smallest absolute Gasteiger partial charge is 0.408 e. The van der Waals surface area contributed by atoms with Crippen LogP contribution in [0.25, 0.3) is 47.7 Å². The van der Waals surface area contributed by atoms with E-state index in [1.165, 1.54) is 11.3 Å². The number of para-hydroxylation sites is 1. The second-order valence-corrected chi connectivity index (χ2v) is 13.9. The summed E-state index contributed by atoms with van der Waals surface area (Å²) in [5.74, 6) is 0. The second kappa shape index (κ2) is 10.9. The van der Waals surface area contributed by atoms with Crippen molar-refractivity contribution in [1.82, 2.24) is 30.3 Å². The Kier molecular flexibility index (Phi) is 7.03. The van der Waals surface area contributed by atoms with Crippen LogP contribution in [-0.2, 0) is 10.3 Å². The maximum absolute atomic E-state index is 12.7. The fourth-order valence-electron chi connectivity index (χ4n) is 5.48. The van der Waals surface area contributed by atoms with Crippen LogP contribution in [0.15, 0.2) is 85.1 Å². The monoisotopic (exact) mass is 622 g/mol. The first-order valence-corrected chi connectivity index (χ1v) is 15.9. The SMILES string of the molecule is CC(C)(C)OC(=O)N[C@]1(c2ccc(-c3nc(-c4cnc(-n5nnc6ccccc65)s4)sc3-c3ccccc3)cc2)C[C@@H](O)C1. The third-order valence-corrected chi connectivity index (χ3v) is 9.77. The van der Waals surface area contributed by atoms with E-state index < -0.39 is 23.3 Å². The van der Waals surface area contributed by atoms with Crippen LogP contribution in [0.5, 0.6) is 0 Å². The number of benzene rings is 3. The summed E-state index contributed by atoms with van der Waals surface area (Å²) in [5, 5.41) is 23.4. The number of alkyl carbamates (subject to hydrolysis) is 1. The van der Waals surface area contributed by atoms with Crippen molar-refractivity contribution in [1.29, 1.82) is 0 Å². The first-order chi connectivity index (χ1) is 21.2. The summed E-state index contributed by atoms with van der Waals surface area (Å²) < 4.78 is 7.28. The quantitative estimate of drug-likeness (QED) is 0.202. The predicted molar refractivity (Wildman–Crippen MR) is 173 cm³/mol. The van der Waals surface area contributed by atoms with Crippen molar-refractivity contribution in [3.05, 3.63) is 90.6 Å².